The monoisotopic (exact) mass is 535 g/mol. The lowest BCUT2D eigenvalue weighted by atomic mass is 9.97. The van der Waals surface area contributed by atoms with Gasteiger partial charge in [-0.15, -0.1) is 0 Å². The van der Waals surface area contributed by atoms with E-state index in [-0.39, 0.29) is 40.1 Å². The molecule has 0 aliphatic carbocycles. The van der Waals surface area contributed by atoms with Crippen LogP contribution >= 0.6 is 11.6 Å². The second-order valence-corrected chi connectivity index (χ2v) is 10.0. The molecule has 12 heteroatoms. The van der Waals surface area contributed by atoms with Crippen LogP contribution < -0.4 is 14.8 Å². The Hall–Kier alpha value is -3.59. The fourth-order valence-electron chi connectivity index (χ4n) is 3.98. The van der Waals surface area contributed by atoms with E-state index in [1.54, 1.807) is 12.1 Å². The number of halogens is 4. The molecule has 0 aromatic heterocycles. The van der Waals surface area contributed by atoms with Gasteiger partial charge in [0.05, 0.1) is 16.0 Å². The van der Waals surface area contributed by atoms with E-state index in [4.69, 9.17) is 21.5 Å². The quantitative estimate of drug-likeness (QED) is 0.483. The number of carbonyl (C=O) groups is 1. The van der Waals surface area contributed by atoms with E-state index in [0.717, 1.165) is 12.1 Å². The van der Waals surface area contributed by atoms with E-state index in [1.807, 2.05) is 0 Å². The van der Waals surface area contributed by atoms with Crippen molar-refractivity contribution in [2.75, 3.05) is 11.4 Å². The molecule has 4 rings (SSSR count). The maximum atomic E-state index is 13.6. The highest BCUT2D eigenvalue weighted by Gasteiger charge is 2.37. The van der Waals surface area contributed by atoms with Crippen LogP contribution in [0.1, 0.15) is 29.0 Å². The number of rotatable bonds is 5. The number of hydrogen-bond acceptors (Lipinski definition) is 5. The minimum Gasteiger partial charge on any atom is -0.455 e. The van der Waals surface area contributed by atoms with Crippen LogP contribution in [0.5, 0.6) is 11.5 Å². The van der Waals surface area contributed by atoms with E-state index >= 15 is 0 Å². The van der Waals surface area contributed by atoms with E-state index in [1.165, 1.54) is 47.4 Å². The molecule has 0 radical (unpaired) electrons. The number of primary sulfonamides is 1. The summed E-state index contributed by atoms with van der Waals surface area (Å²) in [7, 11) is -3.91. The van der Waals surface area contributed by atoms with Gasteiger partial charge in [-0.25, -0.2) is 13.6 Å². The zero-order valence-corrected chi connectivity index (χ0v) is 19.9. The molecular weight excluding hydrogens is 519 g/mol. The molecule has 3 aromatic carbocycles. The first-order chi connectivity index (χ1) is 16.9. The lowest BCUT2D eigenvalue weighted by Crippen LogP contribution is -2.24. The van der Waals surface area contributed by atoms with Gasteiger partial charge in [0.25, 0.3) is 0 Å². The summed E-state index contributed by atoms with van der Waals surface area (Å²) in [6.07, 6.45) is -4.76. The molecule has 1 fully saturated rings. The molecule has 1 aliphatic heterocycles. The van der Waals surface area contributed by atoms with Crippen molar-refractivity contribution in [3.63, 3.8) is 0 Å². The van der Waals surface area contributed by atoms with Crippen LogP contribution in [0.25, 0.3) is 0 Å². The Morgan fingerprint density at radius 1 is 1.11 bits per heavy atom. The molecule has 1 heterocycles. The van der Waals surface area contributed by atoms with Crippen molar-refractivity contribution in [1.29, 1.82) is 5.26 Å². The Morgan fingerprint density at radius 2 is 1.81 bits per heavy atom. The number of alkyl halides is 3. The summed E-state index contributed by atoms with van der Waals surface area (Å²) >= 11 is 6.09. The zero-order valence-electron chi connectivity index (χ0n) is 18.3. The largest absolute Gasteiger partial charge is 0.455 e. The summed E-state index contributed by atoms with van der Waals surface area (Å²) in [6, 6.07) is 14.7. The van der Waals surface area contributed by atoms with E-state index in [0.29, 0.717) is 11.3 Å². The van der Waals surface area contributed by atoms with Crippen molar-refractivity contribution < 1.29 is 31.1 Å². The van der Waals surface area contributed by atoms with E-state index < -0.39 is 33.4 Å². The number of carbonyl (C=O) groups excluding carboxylic acids is 1. The van der Waals surface area contributed by atoms with Gasteiger partial charge in [0.2, 0.25) is 15.9 Å². The molecule has 0 spiro atoms. The van der Waals surface area contributed by atoms with Crippen molar-refractivity contribution in [3.05, 3.63) is 82.4 Å². The normalized spacial score (nSPS) is 16.2. The van der Waals surface area contributed by atoms with Gasteiger partial charge in [0, 0.05) is 35.2 Å². The van der Waals surface area contributed by atoms with Gasteiger partial charge >= 0.3 is 6.18 Å². The van der Waals surface area contributed by atoms with Gasteiger partial charge in [-0.2, -0.15) is 18.4 Å². The molecule has 7 nitrogen and oxygen atoms in total. The lowest BCUT2D eigenvalue weighted by molar-refractivity contribution is -0.138. The first kappa shape index (κ1) is 25.5. The number of nitriles is 1. The molecule has 0 saturated carbocycles. The minimum atomic E-state index is -4.77. The van der Waals surface area contributed by atoms with E-state index in [2.05, 4.69) is 0 Å². The number of nitrogens with zero attached hydrogens (tertiary/aromatic N) is 2. The molecule has 1 amide bonds. The summed E-state index contributed by atoms with van der Waals surface area (Å²) in [4.78, 5) is 14.1. The fourth-order valence-corrected chi connectivity index (χ4v) is 4.66. The van der Waals surface area contributed by atoms with Crippen molar-refractivity contribution in [2.24, 2.45) is 5.14 Å². The zero-order chi connectivity index (χ0) is 26.3. The van der Waals surface area contributed by atoms with Gasteiger partial charge in [0.1, 0.15) is 11.8 Å². The summed E-state index contributed by atoms with van der Waals surface area (Å²) in [5, 5.41) is 14.7. The highest BCUT2D eigenvalue weighted by atomic mass is 35.5. The van der Waals surface area contributed by atoms with Crippen molar-refractivity contribution >= 4 is 33.2 Å². The van der Waals surface area contributed by atoms with Gasteiger partial charge in [-0.3, -0.25) is 4.79 Å². The highest BCUT2D eigenvalue weighted by molar-refractivity contribution is 7.89. The molecule has 1 aliphatic rings. The highest BCUT2D eigenvalue weighted by Crippen LogP contribution is 2.44. The maximum Gasteiger partial charge on any atom is 0.420 e. The first-order valence-electron chi connectivity index (χ1n) is 10.4. The fraction of sp³-hybridized carbons (Fsp3) is 0.167. The molecule has 36 heavy (non-hydrogen) atoms. The molecule has 2 N–H and O–H groups in total. The number of amides is 1. The summed E-state index contributed by atoms with van der Waals surface area (Å²) in [5.41, 5.74) is -0.570. The number of anilines is 1. The van der Waals surface area contributed by atoms with Crippen LogP contribution in [-0.2, 0) is 21.0 Å². The topological polar surface area (TPSA) is 113 Å². The van der Waals surface area contributed by atoms with Crippen LogP contribution in [0.2, 0.25) is 5.02 Å². The number of sulfonamides is 1. The third kappa shape index (κ3) is 5.16. The summed E-state index contributed by atoms with van der Waals surface area (Å²) in [5.74, 6) is -1.43. The second-order valence-electron chi connectivity index (χ2n) is 8.02. The minimum absolute atomic E-state index is 0.0140. The van der Waals surface area contributed by atoms with Crippen molar-refractivity contribution in [1.82, 2.24) is 0 Å². The average Bonchev–Trinajstić information content (AvgIpc) is 3.19. The first-order valence-corrected chi connectivity index (χ1v) is 12.3. The molecule has 1 atom stereocenters. The third-order valence-electron chi connectivity index (χ3n) is 5.67. The Bertz CT molecular complexity index is 1490. The van der Waals surface area contributed by atoms with Gasteiger partial charge in [0.15, 0.2) is 5.75 Å². The van der Waals surface area contributed by atoms with Gasteiger partial charge in [-0.1, -0.05) is 23.7 Å². The van der Waals surface area contributed by atoms with Crippen LogP contribution in [0.4, 0.5) is 18.9 Å². The number of benzene rings is 3. The Kier molecular flexibility index (Phi) is 6.70. The lowest BCUT2D eigenvalue weighted by Gasteiger charge is -2.20. The maximum absolute atomic E-state index is 13.6. The van der Waals surface area contributed by atoms with Crippen molar-refractivity contribution in [2.45, 2.75) is 23.4 Å². The Morgan fingerprint density at radius 3 is 2.42 bits per heavy atom. The molecule has 0 unspecified atom stereocenters. The molecular formula is C24H17ClF3N3O4S. The number of ether oxygens (including phenoxy) is 1. The van der Waals surface area contributed by atoms with Crippen molar-refractivity contribution in [3.8, 4) is 17.6 Å². The SMILES string of the molecule is N#Cc1cccc(C(F)(F)F)c1Oc1cc(Cl)ccc1[C@H]1CC(=O)N(c2ccc(S(N)(=O)=O)cc2)C1. The summed E-state index contributed by atoms with van der Waals surface area (Å²) < 4.78 is 69.6. The predicted octanol–water partition coefficient (Wildman–Crippen LogP) is 5.19. The predicted molar refractivity (Wildman–Crippen MR) is 125 cm³/mol. The third-order valence-corrected chi connectivity index (χ3v) is 6.83. The molecule has 186 valence electrons. The van der Waals surface area contributed by atoms with Gasteiger partial charge in [-0.05, 0) is 48.5 Å². The molecule has 1 saturated heterocycles. The van der Waals surface area contributed by atoms with Crippen LogP contribution in [0.15, 0.2) is 65.6 Å². The number of para-hydroxylation sites is 1. The van der Waals surface area contributed by atoms with Crippen LogP contribution in [0, 0.1) is 11.3 Å². The number of nitrogens with two attached hydrogens (primary N) is 1. The average molecular weight is 536 g/mol. The smallest absolute Gasteiger partial charge is 0.420 e. The number of hydrogen-bond donors (Lipinski definition) is 1. The standard InChI is InChI=1S/C24H17ClF3N3O4S/c25-16-4-9-19(21(11-16)35-23-14(12-29)2-1-3-20(23)24(26,27)28)15-10-22(32)31(13-15)17-5-7-18(8-6-17)36(30,33)34/h1-9,11,15H,10,13H2,(H2,30,33,34)/t15-/m0/s1. The van der Waals surface area contributed by atoms with Crippen LogP contribution in [0.3, 0.4) is 0 Å². The van der Waals surface area contributed by atoms with Gasteiger partial charge < -0.3 is 9.64 Å². The molecule has 0 bridgehead atoms. The second kappa shape index (κ2) is 9.46. The Balaban J connectivity index is 1.69. The van der Waals surface area contributed by atoms with Crippen LogP contribution in [-0.4, -0.2) is 20.9 Å². The molecule has 3 aromatic rings. The van der Waals surface area contributed by atoms with E-state index in [9.17, 15) is 31.6 Å². The summed E-state index contributed by atoms with van der Waals surface area (Å²) in [6.45, 7) is 0.150. The Labute approximate surface area is 209 Å².